The molecule has 0 saturated heterocycles. The molecule has 0 unspecified atom stereocenters. The number of methoxy groups -OCH3 is 3. The van der Waals surface area contributed by atoms with Crippen LogP contribution in [0.1, 0.15) is 31.8 Å². The molecule has 0 amide bonds. The van der Waals surface area contributed by atoms with Crippen molar-refractivity contribution in [3.05, 3.63) is 81.0 Å². The van der Waals surface area contributed by atoms with Crippen molar-refractivity contribution in [1.29, 1.82) is 0 Å². The molecule has 4 rings (SSSR count). The van der Waals surface area contributed by atoms with Gasteiger partial charge in [-0.2, -0.15) is 0 Å². The number of halogens is 1. The molecule has 7 nitrogen and oxygen atoms in total. The van der Waals surface area contributed by atoms with Gasteiger partial charge in [0.1, 0.15) is 17.2 Å². The van der Waals surface area contributed by atoms with E-state index in [1.54, 1.807) is 61.5 Å². The standard InChI is InChI=1S/C27H23BrO7/c1-15-9-19(34-14-20(29)16-5-7-18(28)8-6-16)12-24-26(15)27(30)25(35-24)11-17-10-22(32-3)23(33-4)13-21(17)31-2/h5-13H,14H2,1-4H3/b25-11-. The third-order valence-electron chi connectivity index (χ3n) is 5.50. The second-order valence-corrected chi connectivity index (χ2v) is 8.64. The van der Waals surface area contributed by atoms with E-state index in [9.17, 15) is 9.59 Å². The van der Waals surface area contributed by atoms with Crippen molar-refractivity contribution in [3.8, 4) is 28.7 Å². The molecule has 1 heterocycles. The summed E-state index contributed by atoms with van der Waals surface area (Å²) < 4.78 is 28.6. The number of hydrogen-bond donors (Lipinski definition) is 0. The van der Waals surface area contributed by atoms with Crippen molar-refractivity contribution in [2.45, 2.75) is 6.92 Å². The summed E-state index contributed by atoms with van der Waals surface area (Å²) in [5.41, 5.74) is 2.27. The van der Waals surface area contributed by atoms with Gasteiger partial charge in [-0.05, 0) is 42.8 Å². The highest BCUT2D eigenvalue weighted by atomic mass is 79.9. The largest absolute Gasteiger partial charge is 0.496 e. The number of hydrogen-bond acceptors (Lipinski definition) is 7. The summed E-state index contributed by atoms with van der Waals surface area (Å²) in [6.45, 7) is 1.66. The zero-order chi connectivity index (χ0) is 25.1. The molecule has 0 spiro atoms. The maximum atomic E-state index is 13.1. The summed E-state index contributed by atoms with van der Waals surface area (Å²) in [6, 6.07) is 13.8. The lowest BCUT2D eigenvalue weighted by atomic mass is 10.0. The number of rotatable bonds is 8. The van der Waals surface area contributed by atoms with Crippen molar-refractivity contribution in [2.24, 2.45) is 0 Å². The molecule has 0 N–H and O–H groups in total. The first-order chi connectivity index (χ1) is 16.8. The predicted octanol–water partition coefficient (Wildman–Crippen LogP) is 5.66. The molecule has 1 aliphatic heterocycles. The average Bonchev–Trinajstić information content (AvgIpc) is 3.17. The van der Waals surface area contributed by atoms with Crippen molar-refractivity contribution in [2.75, 3.05) is 27.9 Å². The van der Waals surface area contributed by atoms with E-state index in [1.165, 1.54) is 21.3 Å². The van der Waals surface area contributed by atoms with Gasteiger partial charge in [-0.15, -0.1) is 0 Å². The molecule has 0 atom stereocenters. The van der Waals surface area contributed by atoms with Crippen LogP contribution in [-0.4, -0.2) is 39.5 Å². The van der Waals surface area contributed by atoms with Gasteiger partial charge in [-0.25, -0.2) is 0 Å². The average molecular weight is 539 g/mol. The fraction of sp³-hybridized carbons (Fsp3) is 0.185. The number of Topliss-reactive ketones (excluding diaryl/α,β-unsaturated/α-hetero) is 2. The third kappa shape index (κ3) is 5.02. The number of carbonyl (C=O) groups is 2. The molecule has 35 heavy (non-hydrogen) atoms. The van der Waals surface area contributed by atoms with Crippen LogP contribution in [0, 0.1) is 6.92 Å². The van der Waals surface area contributed by atoms with Gasteiger partial charge in [0.05, 0.1) is 26.9 Å². The molecule has 3 aromatic rings. The minimum Gasteiger partial charge on any atom is -0.496 e. The first kappa shape index (κ1) is 24.3. The van der Waals surface area contributed by atoms with E-state index in [1.807, 2.05) is 0 Å². The van der Waals surface area contributed by atoms with E-state index in [4.69, 9.17) is 23.7 Å². The first-order valence-electron chi connectivity index (χ1n) is 10.6. The van der Waals surface area contributed by atoms with E-state index in [0.29, 0.717) is 51.0 Å². The molecule has 3 aromatic carbocycles. The SMILES string of the molecule is COc1cc(OC)c(OC)cc1/C=C1\Oc2cc(OCC(=O)c3ccc(Br)cc3)cc(C)c2C1=O. The Bertz CT molecular complexity index is 1330. The van der Waals surface area contributed by atoms with Crippen LogP contribution in [0.3, 0.4) is 0 Å². The summed E-state index contributed by atoms with van der Waals surface area (Å²) in [4.78, 5) is 25.5. The maximum absolute atomic E-state index is 13.1. The minimum absolute atomic E-state index is 0.136. The van der Waals surface area contributed by atoms with E-state index in [0.717, 1.165) is 4.47 Å². The van der Waals surface area contributed by atoms with Gasteiger partial charge in [0.2, 0.25) is 5.78 Å². The molecule has 180 valence electrons. The lowest BCUT2D eigenvalue weighted by Crippen LogP contribution is -2.11. The van der Waals surface area contributed by atoms with Gasteiger partial charge in [0.25, 0.3) is 0 Å². The van der Waals surface area contributed by atoms with Crippen LogP contribution in [0.25, 0.3) is 6.08 Å². The van der Waals surface area contributed by atoms with Gasteiger partial charge >= 0.3 is 0 Å². The Morgan fingerprint density at radius 1 is 0.943 bits per heavy atom. The van der Waals surface area contributed by atoms with Gasteiger partial charge < -0.3 is 23.7 Å². The Morgan fingerprint density at radius 2 is 1.60 bits per heavy atom. The fourth-order valence-electron chi connectivity index (χ4n) is 3.74. The van der Waals surface area contributed by atoms with E-state index >= 15 is 0 Å². The molecule has 0 fully saturated rings. The second kappa shape index (κ2) is 10.2. The van der Waals surface area contributed by atoms with E-state index < -0.39 is 0 Å². The summed E-state index contributed by atoms with van der Waals surface area (Å²) in [7, 11) is 4.59. The van der Waals surface area contributed by atoms with Crippen LogP contribution in [0.2, 0.25) is 0 Å². The quantitative estimate of drug-likeness (QED) is 0.270. The molecular weight excluding hydrogens is 516 g/mol. The van der Waals surface area contributed by atoms with Crippen molar-refractivity contribution < 1.29 is 33.3 Å². The number of carbonyl (C=O) groups excluding carboxylic acids is 2. The van der Waals surface area contributed by atoms with Crippen LogP contribution >= 0.6 is 15.9 Å². The van der Waals surface area contributed by atoms with Gasteiger partial charge in [-0.1, -0.05) is 28.1 Å². The van der Waals surface area contributed by atoms with Crippen LogP contribution in [-0.2, 0) is 0 Å². The topological polar surface area (TPSA) is 80.3 Å². The predicted molar refractivity (Wildman–Crippen MR) is 134 cm³/mol. The fourth-order valence-corrected chi connectivity index (χ4v) is 4.00. The zero-order valence-corrected chi connectivity index (χ0v) is 21.2. The number of ether oxygens (including phenoxy) is 5. The van der Waals surface area contributed by atoms with Crippen LogP contribution < -0.4 is 23.7 Å². The molecule has 0 aromatic heterocycles. The Balaban J connectivity index is 1.57. The van der Waals surface area contributed by atoms with Crippen LogP contribution in [0.15, 0.2) is 58.8 Å². The summed E-state index contributed by atoms with van der Waals surface area (Å²) in [5, 5.41) is 0. The molecule has 0 radical (unpaired) electrons. The van der Waals surface area contributed by atoms with E-state index in [-0.39, 0.29) is 23.9 Å². The lowest BCUT2D eigenvalue weighted by molar-refractivity contribution is 0.0920. The third-order valence-corrected chi connectivity index (χ3v) is 6.03. The molecule has 0 bridgehead atoms. The normalized spacial score (nSPS) is 13.3. The second-order valence-electron chi connectivity index (χ2n) is 7.72. The Hall–Kier alpha value is -3.78. The van der Waals surface area contributed by atoms with Crippen molar-refractivity contribution in [1.82, 2.24) is 0 Å². The van der Waals surface area contributed by atoms with E-state index in [2.05, 4.69) is 15.9 Å². The number of aryl methyl sites for hydroxylation is 1. The number of ketones is 2. The molecule has 0 aliphatic carbocycles. The van der Waals surface area contributed by atoms with Crippen molar-refractivity contribution in [3.63, 3.8) is 0 Å². The highest BCUT2D eigenvalue weighted by Gasteiger charge is 2.30. The number of allylic oxidation sites excluding steroid dienone is 1. The Labute approximate surface area is 211 Å². The lowest BCUT2D eigenvalue weighted by Gasteiger charge is -2.12. The maximum Gasteiger partial charge on any atom is 0.232 e. The molecular formula is C27H23BrO7. The number of benzene rings is 3. The molecule has 8 heteroatoms. The minimum atomic E-state index is -0.258. The monoisotopic (exact) mass is 538 g/mol. The molecule has 1 aliphatic rings. The Morgan fingerprint density at radius 3 is 2.26 bits per heavy atom. The van der Waals surface area contributed by atoms with Crippen molar-refractivity contribution >= 4 is 33.6 Å². The zero-order valence-electron chi connectivity index (χ0n) is 19.6. The van der Waals surface area contributed by atoms with Crippen LogP contribution in [0.5, 0.6) is 28.7 Å². The molecule has 0 saturated carbocycles. The highest BCUT2D eigenvalue weighted by molar-refractivity contribution is 9.10. The summed E-state index contributed by atoms with van der Waals surface area (Å²) >= 11 is 3.35. The summed E-state index contributed by atoms with van der Waals surface area (Å²) in [6.07, 6.45) is 1.60. The highest BCUT2D eigenvalue weighted by Crippen LogP contribution is 2.40. The summed E-state index contributed by atoms with van der Waals surface area (Å²) in [5.74, 6) is 2.01. The van der Waals surface area contributed by atoms with Gasteiger partial charge in [-0.3, -0.25) is 9.59 Å². The number of fused-ring (bicyclic) bond motifs is 1. The van der Waals surface area contributed by atoms with Gasteiger partial charge in [0.15, 0.2) is 29.6 Å². The van der Waals surface area contributed by atoms with Crippen LogP contribution in [0.4, 0.5) is 0 Å². The Kier molecular flexibility index (Phi) is 7.12. The first-order valence-corrected chi connectivity index (χ1v) is 11.4. The van der Waals surface area contributed by atoms with Gasteiger partial charge in [0, 0.05) is 27.7 Å². The smallest absolute Gasteiger partial charge is 0.232 e.